The minimum atomic E-state index is -3.72. The predicted molar refractivity (Wildman–Crippen MR) is 138 cm³/mol. The first-order valence-electron chi connectivity index (χ1n) is 12.4. The molecule has 0 aliphatic carbocycles. The summed E-state index contributed by atoms with van der Waals surface area (Å²) in [5.41, 5.74) is 1.80. The molecule has 1 aromatic carbocycles. The molecule has 37 heavy (non-hydrogen) atoms. The number of hydrogen-bond acceptors (Lipinski definition) is 8. The number of carbonyl (C=O) groups excluding carboxylic acids is 1. The summed E-state index contributed by atoms with van der Waals surface area (Å²) >= 11 is 0. The lowest BCUT2D eigenvalue weighted by molar-refractivity contribution is -0.136. The molecule has 2 aliphatic rings. The molecule has 11 heteroatoms. The Kier molecular flexibility index (Phi) is 8.32. The van der Waals surface area contributed by atoms with E-state index in [9.17, 15) is 18.5 Å². The lowest BCUT2D eigenvalue weighted by Gasteiger charge is -2.35. The molecule has 1 amide bonds. The number of piperazine rings is 1. The highest BCUT2D eigenvalue weighted by molar-refractivity contribution is 7.89. The van der Waals surface area contributed by atoms with Crippen LogP contribution in [0.25, 0.3) is 0 Å². The van der Waals surface area contributed by atoms with Gasteiger partial charge in [-0.2, -0.15) is 9.57 Å². The fraction of sp³-hybridized carbons (Fsp3) is 0.500. The van der Waals surface area contributed by atoms with Gasteiger partial charge in [-0.25, -0.2) is 13.4 Å². The van der Waals surface area contributed by atoms with Crippen LogP contribution < -0.4 is 9.64 Å². The minimum Gasteiger partial charge on any atom is -0.497 e. The van der Waals surface area contributed by atoms with Crippen LogP contribution in [0.3, 0.4) is 0 Å². The van der Waals surface area contributed by atoms with Gasteiger partial charge in [0.05, 0.1) is 24.2 Å². The van der Waals surface area contributed by atoms with Gasteiger partial charge in [-0.15, -0.1) is 0 Å². The number of nitriles is 1. The zero-order chi connectivity index (χ0) is 26.6. The van der Waals surface area contributed by atoms with Crippen molar-refractivity contribution in [1.29, 1.82) is 5.26 Å². The minimum absolute atomic E-state index is 0.0992. The highest BCUT2D eigenvalue weighted by Crippen LogP contribution is 2.32. The summed E-state index contributed by atoms with van der Waals surface area (Å²) in [6, 6.07) is 8.77. The zero-order valence-corrected chi connectivity index (χ0v) is 22.3. The Morgan fingerprint density at radius 2 is 1.86 bits per heavy atom. The third kappa shape index (κ3) is 5.71. The summed E-state index contributed by atoms with van der Waals surface area (Å²) in [7, 11) is -2.16. The Hall–Kier alpha value is -3.20. The van der Waals surface area contributed by atoms with Crippen LogP contribution in [0.5, 0.6) is 5.75 Å². The van der Waals surface area contributed by atoms with Gasteiger partial charge in [0.25, 0.3) is 0 Å². The number of ether oxygens (including phenoxy) is 2. The molecule has 3 heterocycles. The van der Waals surface area contributed by atoms with Crippen molar-refractivity contribution >= 4 is 21.7 Å². The number of pyridine rings is 1. The summed E-state index contributed by atoms with van der Waals surface area (Å²) in [4.78, 5) is 21.1. The lowest BCUT2D eigenvalue weighted by atomic mass is 10.1. The number of hydrogen-bond donors (Lipinski definition) is 0. The number of rotatable bonds is 8. The van der Waals surface area contributed by atoms with Gasteiger partial charge in [0.1, 0.15) is 24.2 Å². The van der Waals surface area contributed by atoms with E-state index < -0.39 is 10.0 Å². The van der Waals surface area contributed by atoms with Crippen molar-refractivity contribution in [3.63, 3.8) is 0 Å². The molecule has 2 fully saturated rings. The molecule has 1 atom stereocenters. The highest BCUT2D eigenvalue weighted by atomic mass is 32.2. The van der Waals surface area contributed by atoms with Crippen LogP contribution >= 0.6 is 0 Å². The molecule has 2 aliphatic heterocycles. The second-order valence-electron chi connectivity index (χ2n) is 9.37. The number of methoxy groups -OCH3 is 1. The Labute approximate surface area is 218 Å². The first-order chi connectivity index (χ1) is 17.8. The Morgan fingerprint density at radius 3 is 2.51 bits per heavy atom. The van der Waals surface area contributed by atoms with E-state index in [1.807, 2.05) is 4.90 Å². The van der Waals surface area contributed by atoms with Crippen molar-refractivity contribution in [2.75, 3.05) is 57.9 Å². The first kappa shape index (κ1) is 26.9. The van der Waals surface area contributed by atoms with Gasteiger partial charge in [0.2, 0.25) is 15.9 Å². The number of nitrogens with zero attached hydrogens (tertiary/aromatic N) is 5. The van der Waals surface area contributed by atoms with Crippen molar-refractivity contribution in [2.24, 2.45) is 0 Å². The largest absolute Gasteiger partial charge is 0.497 e. The maximum atomic E-state index is 13.5. The number of amides is 1. The summed E-state index contributed by atoms with van der Waals surface area (Å²) in [5.74, 6) is 1.13. The van der Waals surface area contributed by atoms with Crippen molar-refractivity contribution in [3.05, 3.63) is 47.2 Å². The van der Waals surface area contributed by atoms with E-state index in [1.165, 1.54) is 4.31 Å². The summed E-state index contributed by atoms with van der Waals surface area (Å²) in [5, 5.41) is 9.31. The first-order valence-corrected chi connectivity index (χ1v) is 13.8. The van der Waals surface area contributed by atoms with E-state index in [0.29, 0.717) is 72.3 Å². The van der Waals surface area contributed by atoms with E-state index in [1.54, 1.807) is 56.3 Å². The normalized spacial score (nSPS) is 18.6. The van der Waals surface area contributed by atoms with Crippen LogP contribution in [0, 0.1) is 25.2 Å². The van der Waals surface area contributed by atoms with Gasteiger partial charge < -0.3 is 19.3 Å². The van der Waals surface area contributed by atoms with E-state index >= 15 is 0 Å². The summed E-state index contributed by atoms with van der Waals surface area (Å²) < 4.78 is 39.6. The predicted octanol–water partition coefficient (Wildman–Crippen LogP) is 2.10. The van der Waals surface area contributed by atoms with Crippen LogP contribution in [0.1, 0.15) is 29.5 Å². The molecule has 0 saturated carbocycles. The Balaban J connectivity index is 1.31. The number of benzene rings is 1. The Morgan fingerprint density at radius 1 is 1.16 bits per heavy atom. The van der Waals surface area contributed by atoms with E-state index in [0.717, 1.165) is 6.42 Å². The van der Waals surface area contributed by atoms with E-state index in [-0.39, 0.29) is 25.2 Å². The third-order valence-electron chi connectivity index (χ3n) is 6.93. The monoisotopic (exact) mass is 527 g/mol. The number of anilines is 1. The molecule has 10 nitrogen and oxygen atoms in total. The smallest absolute Gasteiger partial charge is 0.248 e. The van der Waals surface area contributed by atoms with Gasteiger partial charge in [-0.05, 0) is 62.1 Å². The van der Waals surface area contributed by atoms with Crippen LogP contribution in [0.4, 0.5) is 5.82 Å². The second kappa shape index (κ2) is 11.5. The maximum absolute atomic E-state index is 13.5. The molecule has 2 aromatic rings. The Bertz CT molecular complexity index is 1260. The highest BCUT2D eigenvalue weighted by Gasteiger charge is 2.37. The van der Waals surface area contributed by atoms with Gasteiger partial charge >= 0.3 is 0 Å². The van der Waals surface area contributed by atoms with Gasteiger partial charge in [-0.1, -0.05) is 0 Å². The molecular formula is C26H33N5O5S. The third-order valence-corrected chi connectivity index (χ3v) is 9.19. The molecule has 0 N–H and O–H groups in total. The second-order valence-corrected chi connectivity index (χ2v) is 11.2. The molecule has 0 spiro atoms. The molecule has 2 saturated heterocycles. The average molecular weight is 528 g/mol. The molecule has 198 valence electrons. The van der Waals surface area contributed by atoms with E-state index in [4.69, 9.17) is 9.47 Å². The molecule has 1 aromatic heterocycles. The van der Waals surface area contributed by atoms with Crippen molar-refractivity contribution in [2.45, 2.75) is 37.6 Å². The lowest BCUT2D eigenvalue weighted by Crippen LogP contribution is -2.50. The van der Waals surface area contributed by atoms with Gasteiger partial charge in [0, 0.05) is 45.0 Å². The topological polar surface area (TPSA) is 116 Å². The number of sulfonamides is 1. The number of carbonyl (C=O) groups is 1. The summed E-state index contributed by atoms with van der Waals surface area (Å²) in [6.45, 7) is 6.20. The zero-order valence-electron chi connectivity index (χ0n) is 21.5. The summed E-state index contributed by atoms with van der Waals surface area (Å²) in [6.07, 6.45) is 3.09. The van der Waals surface area contributed by atoms with Crippen LogP contribution in [-0.2, 0) is 19.6 Å². The fourth-order valence-corrected chi connectivity index (χ4v) is 7.22. The van der Waals surface area contributed by atoms with Gasteiger partial charge in [-0.3, -0.25) is 4.79 Å². The van der Waals surface area contributed by atoms with E-state index in [2.05, 4.69) is 11.1 Å². The standard InChI is InChI=1S/C26H33N5O5S/c1-19-14-23(35-3)15-20(2)25(19)37(33,34)31-9-5-7-22(31)17-36-18-24(32)29-10-12-30(13-11-29)26-21(16-27)6-4-8-28-26/h4,6,8,14-15,22H,5,7,9-13,17-18H2,1-3H3. The van der Waals surface area contributed by atoms with Gasteiger partial charge in [0.15, 0.2) is 0 Å². The molecule has 4 rings (SSSR count). The number of aryl methyl sites for hydroxylation is 2. The van der Waals surface area contributed by atoms with Crippen molar-refractivity contribution in [1.82, 2.24) is 14.2 Å². The SMILES string of the molecule is COc1cc(C)c(S(=O)(=O)N2CCCC2COCC(=O)N2CCN(c3ncccc3C#N)CC2)c(C)c1. The molecule has 0 bridgehead atoms. The maximum Gasteiger partial charge on any atom is 0.248 e. The number of aromatic nitrogens is 1. The van der Waals surface area contributed by atoms with Crippen LogP contribution in [0.15, 0.2) is 35.4 Å². The van der Waals surface area contributed by atoms with Crippen LogP contribution in [0.2, 0.25) is 0 Å². The van der Waals surface area contributed by atoms with Crippen molar-refractivity contribution in [3.8, 4) is 11.8 Å². The fourth-order valence-electron chi connectivity index (χ4n) is 5.12. The molecular weight excluding hydrogens is 494 g/mol. The molecule has 0 radical (unpaired) electrons. The quantitative estimate of drug-likeness (QED) is 0.513. The average Bonchev–Trinajstić information content (AvgIpc) is 3.37. The van der Waals surface area contributed by atoms with Crippen molar-refractivity contribution < 1.29 is 22.7 Å². The van der Waals surface area contributed by atoms with Crippen LogP contribution in [-0.4, -0.2) is 87.6 Å². The molecule has 1 unspecified atom stereocenters.